The number of rotatable bonds is 17. The van der Waals surface area contributed by atoms with E-state index in [2.05, 4.69) is 76.5 Å². The van der Waals surface area contributed by atoms with E-state index in [4.69, 9.17) is 32.8 Å². The van der Waals surface area contributed by atoms with Crippen molar-refractivity contribution in [1.82, 2.24) is 0 Å². The highest BCUT2D eigenvalue weighted by atomic mass is 28.4. The summed E-state index contributed by atoms with van der Waals surface area (Å²) in [6.07, 6.45) is -0.0896. The average molecular weight is 835 g/mol. The summed E-state index contributed by atoms with van der Waals surface area (Å²) in [4.78, 5) is 13.5. The molecule has 1 saturated heterocycles. The molecule has 316 valence electrons. The van der Waals surface area contributed by atoms with Gasteiger partial charge in [0.25, 0.3) is 8.32 Å². The lowest BCUT2D eigenvalue weighted by atomic mass is 10.00. The number of methoxy groups -OCH3 is 2. The second-order valence-electron chi connectivity index (χ2n) is 17.6. The van der Waals surface area contributed by atoms with Gasteiger partial charge in [-0.15, -0.1) is 0 Å². The molecular weight excluding hydrogens is 772 g/mol. The monoisotopic (exact) mass is 834 g/mol. The third-order valence-corrected chi connectivity index (χ3v) is 17.0. The van der Waals surface area contributed by atoms with Gasteiger partial charge in [0, 0.05) is 21.3 Å². The third kappa shape index (κ3) is 11.9. The van der Waals surface area contributed by atoms with Crippen LogP contribution in [0.25, 0.3) is 6.08 Å². The van der Waals surface area contributed by atoms with Crippen LogP contribution in [0.3, 0.4) is 0 Å². The van der Waals surface area contributed by atoms with Gasteiger partial charge in [-0.05, 0) is 67.2 Å². The number of benzene rings is 3. The predicted molar refractivity (Wildman–Crippen MR) is 233 cm³/mol. The molecule has 4 rings (SSSR count). The van der Waals surface area contributed by atoms with Crippen LogP contribution in [0.5, 0.6) is 11.5 Å². The quantitative estimate of drug-likeness (QED) is 0.0625. The maximum absolute atomic E-state index is 16.8. The molecule has 0 aromatic heterocycles. The lowest BCUT2D eigenvalue weighted by molar-refractivity contribution is -0.151. The summed E-state index contributed by atoms with van der Waals surface area (Å²) in [7, 11) is -1.53. The number of alkyl halides is 1. The van der Waals surface area contributed by atoms with Gasteiger partial charge in [0.05, 0.1) is 25.9 Å². The molecule has 58 heavy (non-hydrogen) atoms. The molecule has 0 saturated carbocycles. The van der Waals surface area contributed by atoms with Gasteiger partial charge in [-0.1, -0.05) is 125 Å². The van der Waals surface area contributed by atoms with E-state index in [0.717, 1.165) is 16.4 Å². The second kappa shape index (κ2) is 19.5. The molecule has 0 spiro atoms. The fourth-order valence-corrected chi connectivity index (χ4v) is 12.4. The Labute approximate surface area is 347 Å². The first-order valence-corrected chi connectivity index (χ1v) is 25.5. The highest BCUT2D eigenvalue weighted by Gasteiger charge is 2.53. The van der Waals surface area contributed by atoms with Crippen LogP contribution in [0.15, 0.2) is 78.9 Å². The number of hydrogen-bond donors (Lipinski definition) is 1. The fraction of sp³-hybridized carbons (Fsp3) is 0.500. The number of esters is 1. The van der Waals surface area contributed by atoms with E-state index in [1.165, 1.54) is 21.1 Å². The summed E-state index contributed by atoms with van der Waals surface area (Å²) in [5.74, 6) is 4.62. The summed E-state index contributed by atoms with van der Waals surface area (Å²) >= 11 is 0. The van der Waals surface area contributed by atoms with Crippen molar-refractivity contribution < 1.29 is 47.1 Å². The SMILES string of the molecule is COCOc1cc(OC)cc(/C=C/CC2OC(C)(C)OC2C(O)C#CC(C)(F)C(C)O[Si](c2ccccc2)(c2ccccc2)C(C)(C)C)c1C(=O)OCC[Si](C)(C)C. The number of carbonyl (C=O) groups excluding carboxylic acids is 1. The first-order chi connectivity index (χ1) is 27.1. The van der Waals surface area contributed by atoms with Crippen molar-refractivity contribution in [2.75, 3.05) is 27.6 Å². The Bertz CT molecular complexity index is 1850. The van der Waals surface area contributed by atoms with Gasteiger partial charge in [0.15, 0.2) is 18.2 Å². The Morgan fingerprint density at radius 3 is 2.12 bits per heavy atom. The molecule has 3 aromatic rings. The Morgan fingerprint density at radius 2 is 1.59 bits per heavy atom. The van der Waals surface area contributed by atoms with E-state index in [0.29, 0.717) is 17.9 Å². The van der Waals surface area contributed by atoms with Crippen LogP contribution in [0.1, 0.15) is 70.8 Å². The Morgan fingerprint density at radius 1 is 0.983 bits per heavy atom. The number of aliphatic hydroxyl groups excluding tert-OH is 1. The highest BCUT2D eigenvalue weighted by Crippen LogP contribution is 2.39. The maximum Gasteiger partial charge on any atom is 0.342 e. The van der Waals surface area contributed by atoms with Crippen molar-refractivity contribution in [2.45, 2.75) is 121 Å². The molecule has 1 aliphatic heterocycles. The molecule has 1 aliphatic rings. The van der Waals surface area contributed by atoms with Crippen molar-refractivity contribution in [3.63, 3.8) is 0 Å². The van der Waals surface area contributed by atoms with Crippen molar-refractivity contribution >= 4 is 38.8 Å². The van der Waals surface area contributed by atoms with Crippen LogP contribution in [-0.4, -0.2) is 91.0 Å². The molecule has 0 amide bonds. The third-order valence-electron chi connectivity index (χ3n) is 10.2. The van der Waals surface area contributed by atoms with Gasteiger partial charge in [0.1, 0.15) is 29.3 Å². The first-order valence-electron chi connectivity index (χ1n) is 19.9. The van der Waals surface area contributed by atoms with Crippen LogP contribution in [0.2, 0.25) is 30.7 Å². The number of aliphatic hydroxyl groups is 1. The average Bonchev–Trinajstić information content (AvgIpc) is 3.48. The standard InChI is InChI=1S/C46H63FO9Si2/c1-33(56-58(44(2,3)4,36-21-15-13-16-22-36)37-23-17-14-18-24-37)46(7,47)27-26-38(48)42-39(54-45(5,6)55-42)25-19-20-34-30-35(51-9)31-40(53-32-50-8)41(34)43(49)52-28-29-57(10,11)12/h13-24,30-31,33,38-39,42,48H,25,28-29,32H2,1-12H3/b20-19+. The van der Waals surface area contributed by atoms with Crippen LogP contribution < -0.4 is 19.8 Å². The molecule has 5 atom stereocenters. The van der Waals surface area contributed by atoms with Crippen molar-refractivity contribution in [1.29, 1.82) is 0 Å². The molecule has 5 unspecified atom stereocenters. The van der Waals surface area contributed by atoms with Crippen LogP contribution in [0, 0.1) is 11.8 Å². The minimum absolute atomic E-state index is 0.0866. The summed E-state index contributed by atoms with van der Waals surface area (Å²) in [6.45, 7) is 19.8. The van der Waals surface area contributed by atoms with Gasteiger partial charge in [-0.25, -0.2) is 9.18 Å². The van der Waals surface area contributed by atoms with Gasteiger partial charge < -0.3 is 38.0 Å². The normalized spacial score (nSPS) is 19.1. The summed E-state index contributed by atoms with van der Waals surface area (Å²) in [6, 6.07) is 24.2. The molecule has 0 aliphatic carbocycles. The van der Waals surface area contributed by atoms with Crippen LogP contribution >= 0.6 is 0 Å². The second-order valence-corrected chi connectivity index (χ2v) is 27.5. The Kier molecular flexibility index (Phi) is 15.8. The number of hydrogen-bond acceptors (Lipinski definition) is 9. The van der Waals surface area contributed by atoms with Gasteiger partial charge >= 0.3 is 5.97 Å². The lowest BCUT2D eigenvalue weighted by Gasteiger charge is -2.45. The molecule has 1 N–H and O–H groups in total. The van der Waals surface area contributed by atoms with E-state index in [1.54, 1.807) is 39.0 Å². The van der Waals surface area contributed by atoms with Gasteiger partial charge in [0.2, 0.25) is 0 Å². The molecule has 1 fully saturated rings. The minimum atomic E-state index is -3.09. The van der Waals surface area contributed by atoms with E-state index in [-0.39, 0.29) is 29.6 Å². The predicted octanol–water partition coefficient (Wildman–Crippen LogP) is 8.15. The van der Waals surface area contributed by atoms with E-state index in [1.807, 2.05) is 42.5 Å². The fourth-order valence-electron chi connectivity index (χ4n) is 6.94. The molecule has 0 bridgehead atoms. The van der Waals surface area contributed by atoms with Gasteiger partial charge in [-0.2, -0.15) is 0 Å². The Balaban J connectivity index is 1.60. The Hall–Kier alpha value is -3.81. The molecule has 3 aromatic carbocycles. The molecule has 0 radical (unpaired) electrons. The van der Waals surface area contributed by atoms with Crippen molar-refractivity contribution in [3.8, 4) is 23.3 Å². The summed E-state index contributed by atoms with van der Waals surface area (Å²) < 4.78 is 58.3. The maximum atomic E-state index is 16.8. The molecular formula is C46H63FO9Si2. The first kappa shape index (κ1) is 46.9. The number of ether oxygens (including phenoxy) is 6. The van der Waals surface area contributed by atoms with Gasteiger partial charge in [-0.3, -0.25) is 0 Å². The van der Waals surface area contributed by atoms with Crippen molar-refractivity contribution in [3.05, 3.63) is 90.0 Å². The molecule has 1 heterocycles. The zero-order valence-electron chi connectivity index (χ0n) is 36.3. The van der Waals surface area contributed by atoms with Crippen LogP contribution in [-0.2, 0) is 23.4 Å². The topological polar surface area (TPSA) is 102 Å². The summed E-state index contributed by atoms with van der Waals surface area (Å²) in [5, 5.41) is 13.2. The summed E-state index contributed by atoms with van der Waals surface area (Å²) in [5.41, 5.74) is -1.41. The van der Waals surface area contributed by atoms with Crippen LogP contribution in [0.4, 0.5) is 4.39 Å². The number of carbonyl (C=O) groups is 1. The van der Waals surface area contributed by atoms with E-state index < -0.39 is 58.2 Å². The zero-order chi connectivity index (χ0) is 42.9. The molecule has 12 heteroatoms. The minimum Gasteiger partial charge on any atom is -0.497 e. The largest absolute Gasteiger partial charge is 0.497 e. The van der Waals surface area contributed by atoms with Crippen molar-refractivity contribution in [2.24, 2.45) is 0 Å². The zero-order valence-corrected chi connectivity index (χ0v) is 38.3. The highest BCUT2D eigenvalue weighted by molar-refractivity contribution is 6.99. The van der Waals surface area contributed by atoms with E-state index >= 15 is 4.39 Å². The van der Waals surface area contributed by atoms with E-state index in [9.17, 15) is 9.90 Å². The molecule has 9 nitrogen and oxygen atoms in total. The smallest absolute Gasteiger partial charge is 0.342 e. The number of halogens is 1. The lowest BCUT2D eigenvalue weighted by Crippen LogP contribution is -2.68.